The van der Waals surface area contributed by atoms with Crippen LogP contribution in [0.3, 0.4) is 0 Å². The summed E-state index contributed by atoms with van der Waals surface area (Å²) in [5.41, 5.74) is 0. The van der Waals surface area contributed by atoms with E-state index in [0.717, 1.165) is 6.42 Å². The fraction of sp³-hybridized carbons (Fsp3) is 0.250. The molecule has 0 fully saturated rings. The van der Waals surface area contributed by atoms with Crippen LogP contribution in [-0.4, -0.2) is 4.98 Å². The third-order valence-electron chi connectivity index (χ3n) is 1.16. The van der Waals surface area contributed by atoms with Gasteiger partial charge < -0.3 is 0 Å². The van der Waals surface area contributed by atoms with Crippen LogP contribution in [0.15, 0.2) is 30.9 Å². The minimum absolute atomic E-state index is 1.06. The van der Waals surface area contributed by atoms with Gasteiger partial charge in [-0.05, 0) is 12.5 Å². The Morgan fingerprint density at radius 3 is 2.70 bits per heavy atom. The summed E-state index contributed by atoms with van der Waals surface area (Å²) >= 11 is 0. The topological polar surface area (TPSA) is 16.8 Å². The second-order valence-electron chi connectivity index (χ2n) is 1.99. The van der Waals surface area contributed by atoms with Crippen LogP contribution in [0.2, 0.25) is 0 Å². The Bertz CT molecular complexity index is 204. The summed E-state index contributed by atoms with van der Waals surface area (Å²) in [6.45, 7) is 2.11. The summed E-state index contributed by atoms with van der Waals surface area (Å²) in [6, 6.07) is 0. The van der Waals surface area contributed by atoms with Crippen LogP contribution in [0.4, 0.5) is 0 Å². The van der Waals surface area contributed by atoms with Crippen LogP contribution < -0.4 is 4.57 Å². The van der Waals surface area contributed by atoms with Gasteiger partial charge in [0.1, 0.15) is 0 Å². The second-order valence-corrected chi connectivity index (χ2v) is 1.99. The van der Waals surface area contributed by atoms with Crippen molar-refractivity contribution in [1.29, 1.82) is 0 Å². The van der Waals surface area contributed by atoms with E-state index in [1.54, 1.807) is 12.4 Å². The molecule has 2 heteroatoms. The van der Waals surface area contributed by atoms with Crippen molar-refractivity contribution >= 4 is 6.20 Å². The lowest BCUT2D eigenvalue weighted by Gasteiger charge is -1.82. The van der Waals surface area contributed by atoms with E-state index in [9.17, 15) is 0 Å². The van der Waals surface area contributed by atoms with Crippen LogP contribution in [0, 0.1) is 0 Å². The highest BCUT2D eigenvalue weighted by atomic mass is 14.9. The maximum atomic E-state index is 3.90. The Hall–Kier alpha value is -1.18. The van der Waals surface area contributed by atoms with Crippen molar-refractivity contribution in [2.45, 2.75) is 13.3 Å². The van der Waals surface area contributed by atoms with Crippen LogP contribution in [0.25, 0.3) is 6.20 Å². The van der Waals surface area contributed by atoms with E-state index >= 15 is 0 Å². The molecule has 1 rings (SSSR count). The standard InChI is InChI=1S/C8H11N2/c1-2-3-6-10-7-4-9-5-8-10/h3-8H,2H2,1H3/q+1. The molecule has 0 N–H and O–H groups in total. The maximum Gasteiger partial charge on any atom is 0.192 e. The van der Waals surface area contributed by atoms with E-state index in [4.69, 9.17) is 0 Å². The van der Waals surface area contributed by atoms with E-state index in [1.807, 2.05) is 23.2 Å². The number of nitrogens with zero attached hydrogens (tertiary/aromatic N) is 2. The number of hydrogen-bond donors (Lipinski definition) is 0. The highest BCUT2D eigenvalue weighted by molar-refractivity contribution is 5.04. The average Bonchev–Trinajstić information content (AvgIpc) is 2.03. The third-order valence-corrected chi connectivity index (χ3v) is 1.16. The lowest BCUT2D eigenvalue weighted by molar-refractivity contribution is -0.569. The molecular formula is C8H11N2+. The van der Waals surface area contributed by atoms with Gasteiger partial charge in [0.05, 0.1) is 12.4 Å². The molecule has 0 aliphatic heterocycles. The summed E-state index contributed by atoms with van der Waals surface area (Å²) in [5, 5.41) is 0. The normalized spacial score (nSPS) is 10.5. The zero-order valence-electron chi connectivity index (χ0n) is 6.07. The monoisotopic (exact) mass is 135 g/mol. The first-order valence-corrected chi connectivity index (χ1v) is 3.41. The van der Waals surface area contributed by atoms with Gasteiger partial charge in [-0.15, -0.1) is 0 Å². The van der Waals surface area contributed by atoms with Crippen molar-refractivity contribution in [3.05, 3.63) is 30.9 Å². The first-order valence-electron chi connectivity index (χ1n) is 3.41. The van der Waals surface area contributed by atoms with Crippen molar-refractivity contribution in [2.75, 3.05) is 0 Å². The van der Waals surface area contributed by atoms with E-state index in [0.29, 0.717) is 0 Å². The highest BCUT2D eigenvalue weighted by Crippen LogP contribution is 1.77. The van der Waals surface area contributed by atoms with E-state index < -0.39 is 0 Å². The minimum atomic E-state index is 1.06. The Morgan fingerprint density at radius 2 is 2.10 bits per heavy atom. The van der Waals surface area contributed by atoms with Gasteiger partial charge in [0.25, 0.3) is 0 Å². The number of hydrogen-bond acceptors (Lipinski definition) is 1. The van der Waals surface area contributed by atoms with Crippen LogP contribution >= 0.6 is 0 Å². The molecule has 0 radical (unpaired) electrons. The van der Waals surface area contributed by atoms with Gasteiger partial charge in [0.2, 0.25) is 0 Å². The molecular weight excluding hydrogens is 124 g/mol. The number of aromatic nitrogens is 2. The molecule has 0 aromatic carbocycles. The molecule has 0 bridgehead atoms. The molecule has 0 saturated carbocycles. The zero-order valence-corrected chi connectivity index (χ0v) is 6.07. The molecule has 0 amide bonds. The fourth-order valence-corrected chi connectivity index (χ4v) is 0.657. The van der Waals surface area contributed by atoms with Gasteiger partial charge in [0, 0.05) is 0 Å². The summed E-state index contributed by atoms with van der Waals surface area (Å²) in [6.07, 6.45) is 12.5. The summed E-state index contributed by atoms with van der Waals surface area (Å²) < 4.78 is 1.97. The highest BCUT2D eigenvalue weighted by Gasteiger charge is 1.87. The number of rotatable bonds is 2. The van der Waals surface area contributed by atoms with Gasteiger partial charge >= 0.3 is 0 Å². The Balaban J connectivity index is 2.67. The van der Waals surface area contributed by atoms with Crippen molar-refractivity contribution in [3.8, 4) is 0 Å². The summed E-state index contributed by atoms with van der Waals surface area (Å²) in [5.74, 6) is 0. The second kappa shape index (κ2) is 3.77. The molecule has 0 aliphatic rings. The van der Waals surface area contributed by atoms with Crippen molar-refractivity contribution in [3.63, 3.8) is 0 Å². The Kier molecular flexibility index (Phi) is 2.62. The molecule has 1 aromatic heterocycles. The Labute approximate surface area is 60.9 Å². The molecule has 0 saturated heterocycles. The van der Waals surface area contributed by atoms with Gasteiger partial charge in [0.15, 0.2) is 18.6 Å². The Morgan fingerprint density at radius 1 is 1.40 bits per heavy atom. The predicted octanol–water partition coefficient (Wildman–Crippen LogP) is 1.25. The molecule has 52 valence electrons. The van der Waals surface area contributed by atoms with E-state index in [1.165, 1.54) is 0 Å². The number of allylic oxidation sites excluding steroid dienone is 1. The molecule has 0 spiro atoms. The molecule has 1 heterocycles. The molecule has 0 atom stereocenters. The fourth-order valence-electron chi connectivity index (χ4n) is 0.657. The van der Waals surface area contributed by atoms with Crippen molar-refractivity contribution in [2.24, 2.45) is 0 Å². The lowest BCUT2D eigenvalue weighted by Crippen LogP contribution is -2.23. The largest absolute Gasteiger partial charge is 0.252 e. The van der Waals surface area contributed by atoms with E-state index in [2.05, 4.69) is 18.0 Å². The first-order chi connectivity index (χ1) is 4.93. The van der Waals surface area contributed by atoms with Crippen LogP contribution in [-0.2, 0) is 0 Å². The van der Waals surface area contributed by atoms with Crippen LogP contribution in [0.5, 0.6) is 0 Å². The van der Waals surface area contributed by atoms with Crippen molar-refractivity contribution in [1.82, 2.24) is 4.98 Å². The van der Waals surface area contributed by atoms with Crippen LogP contribution in [0.1, 0.15) is 13.3 Å². The summed E-state index contributed by atoms with van der Waals surface area (Å²) in [4.78, 5) is 3.90. The maximum absolute atomic E-state index is 3.90. The van der Waals surface area contributed by atoms with Gasteiger partial charge in [-0.1, -0.05) is 6.92 Å². The molecule has 0 aliphatic carbocycles. The molecule has 0 unspecified atom stereocenters. The third kappa shape index (κ3) is 1.97. The summed E-state index contributed by atoms with van der Waals surface area (Å²) in [7, 11) is 0. The predicted molar refractivity (Wildman–Crippen MR) is 40.1 cm³/mol. The SMILES string of the molecule is CCC=C[n+]1ccncc1. The van der Waals surface area contributed by atoms with Gasteiger partial charge in [-0.3, -0.25) is 4.98 Å². The van der Waals surface area contributed by atoms with Gasteiger partial charge in [-0.2, -0.15) is 4.57 Å². The average molecular weight is 135 g/mol. The van der Waals surface area contributed by atoms with Crippen molar-refractivity contribution < 1.29 is 4.57 Å². The first kappa shape index (κ1) is 6.93. The lowest BCUT2D eigenvalue weighted by atomic mass is 10.5. The molecule has 1 aromatic rings. The van der Waals surface area contributed by atoms with Gasteiger partial charge in [-0.25, -0.2) is 0 Å². The molecule has 10 heavy (non-hydrogen) atoms. The smallest absolute Gasteiger partial charge is 0.192 e. The van der Waals surface area contributed by atoms with E-state index in [-0.39, 0.29) is 0 Å². The quantitative estimate of drug-likeness (QED) is 0.558. The minimum Gasteiger partial charge on any atom is -0.252 e. The zero-order chi connectivity index (χ0) is 7.23. The molecule has 2 nitrogen and oxygen atoms in total.